The monoisotopic (exact) mass is 354 g/mol. The summed E-state index contributed by atoms with van der Waals surface area (Å²) < 4.78 is 1.93. The highest BCUT2D eigenvalue weighted by molar-refractivity contribution is 5.81. The van der Waals surface area contributed by atoms with E-state index in [4.69, 9.17) is 0 Å². The van der Waals surface area contributed by atoms with Crippen molar-refractivity contribution in [3.8, 4) is 0 Å². The topological polar surface area (TPSA) is 41.4 Å². The zero-order chi connectivity index (χ0) is 18.7. The number of likely N-dealkylation sites (N-methyl/N-ethyl adjacent to an activating group) is 1. The molecule has 5 nitrogen and oxygen atoms in total. The molecule has 2 aromatic rings. The van der Waals surface area contributed by atoms with Crippen molar-refractivity contribution in [2.45, 2.75) is 45.7 Å². The molecular formula is C21H30N4O. The minimum Gasteiger partial charge on any atom is -0.331 e. The lowest BCUT2D eigenvalue weighted by atomic mass is 10.0. The van der Waals surface area contributed by atoms with Crippen molar-refractivity contribution < 1.29 is 4.79 Å². The third-order valence-electron chi connectivity index (χ3n) is 5.24. The number of hydrogen-bond acceptors (Lipinski definition) is 3. The first-order valence-electron chi connectivity index (χ1n) is 9.58. The summed E-state index contributed by atoms with van der Waals surface area (Å²) in [5, 5.41) is 4.62. The van der Waals surface area contributed by atoms with Crippen LogP contribution in [0.15, 0.2) is 36.4 Å². The number of aromatic nitrogens is 2. The predicted octanol–water partition coefficient (Wildman–Crippen LogP) is 3.36. The second-order valence-corrected chi connectivity index (χ2v) is 7.40. The zero-order valence-electron chi connectivity index (χ0n) is 16.4. The number of rotatable bonds is 5. The molecule has 3 rings (SSSR count). The molecule has 0 spiro atoms. The quantitative estimate of drug-likeness (QED) is 0.827. The van der Waals surface area contributed by atoms with Crippen LogP contribution in [0.2, 0.25) is 0 Å². The summed E-state index contributed by atoms with van der Waals surface area (Å²) in [7, 11) is 2.13. The first kappa shape index (κ1) is 18.6. The highest BCUT2D eigenvalue weighted by atomic mass is 16.2. The molecular weight excluding hydrogens is 324 g/mol. The summed E-state index contributed by atoms with van der Waals surface area (Å²) in [5.74, 6) is 0.194. The summed E-state index contributed by atoms with van der Waals surface area (Å²) in [6, 6.07) is 12.3. The summed E-state index contributed by atoms with van der Waals surface area (Å²) in [5.41, 5.74) is 3.23. The average molecular weight is 354 g/mol. The van der Waals surface area contributed by atoms with E-state index in [9.17, 15) is 4.79 Å². The average Bonchev–Trinajstić information content (AvgIpc) is 2.97. The molecule has 1 saturated heterocycles. The van der Waals surface area contributed by atoms with E-state index in [-0.39, 0.29) is 18.0 Å². The van der Waals surface area contributed by atoms with Crippen molar-refractivity contribution in [1.82, 2.24) is 19.6 Å². The van der Waals surface area contributed by atoms with Crippen LogP contribution in [-0.2, 0) is 4.79 Å². The molecule has 0 saturated carbocycles. The highest BCUT2D eigenvalue weighted by Gasteiger charge is 2.35. The van der Waals surface area contributed by atoms with Crippen LogP contribution in [0.25, 0.3) is 0 Å². The Hall–Kier alpha value is -2.14. The van der Waals surface area contributed by atoms with E-state index in [1.807, 2.05) is 24.6 Å². The zero-order valence-corrected chi connectivity index (χ0v) is 16.4. The largest absolute Gasteiger partial charge is 0.331 e. The van der Waals surface area contributed by atoms with Crippen LogP contribution in [0.3, 0.4) is 0 Å². The van der Waals surface area contributed by atoms with E-state index >= 15 is 0 Å². The van der Waals surface area contributed by atoms with Gasteiger partial charge >= 0.3 is 0 Å². The van der Waals surface area contributed by atoms with E-state index < -0.39 is 0 Å². The van der Waals surface area contributed by atoms with Crippen molar-refractivity contribution >= 4 is 5.91 Å². The Balaban J connectivity index is 1.92. The Morgan fingerprint density at radius 3 is 2.58 bits per heavy atom. The van der Waals surface area contributed by atoms with Gasteiger partial charge in [-0.15, -0.1) is 0 Å². The van der Waals surface area contributed by atoms with E-state index in [2.05, 4.69) is 59.2 Å². The molecule has 5 heteroatoms. The number of aryl methyl sites for hydroxylation is 2. The van der Waals surface area contributed by atoms with Crippen LogP contribution in [0.4, 0.5) is 0 Å². The van der Waals surface area contributed by atoms with Crippen LogP contribution in [0, 0.1) is 13.8 Å². The fraction of sp³-hybridized carbons (Fsp3) is 0.524. The van der Waals surface area contributed by atoms with Gasteiger partial charge in [-0.05, 0) is 38.9 Å². The Bertz CT molecular complexity index is 740. The molecule has 1 aliphatic heterocycles. The van der Waals surface area contributed by atoms with Gasteiger partial charge in [0.25, 0.3) is 0 Å². The Kier molecular flexibility index (Phi) is 5.77. The molecule has 2 heterocycles. The minimum absolute atomic E-state index is 0.0961. The second kappa shape index (κ2) is 8.04. The molecule has 0 radical (unpaired) electrons. The lowest BCUT2D eigenvalue weighted by Gasteiger charge is -2.42. The highest BCUT2D eigenvalue weighted by Crippen LogP contribution is 2.29. The lowest BCUT2D eigenvalue weighted by Crippen LogP contribution is -2.51. The van der Waals surface area contributed by atoms with Gasteiger partial charge in [-0.1, -0.05) is 43.7 Å². The van der Waals surface area contributed by atoms with Crippen molar-refractivity contribution in [2.75, 3.05) is 26.7 Å². The van der Waals surface area contributed by atoms with Gasteiger partial charge < -0.3 is 9.80 Å². The van der Waals surface area contributed by atoms with E-state index in [0.29, 0.717) is 0 Å². The van der Waals surface area contributed by atoms with Crippen LogP contribution >= 0.6 is 0 Å². The lowest BCUT2D eigenvalue weighted by molar-refractivity contribution is -0.140. The van der Waals surface area contributed by atoms with Gasteiger partial charge in [0.15, 0.2) is 0 Å². The smallest absolute Gasteiger partial charge is 0.248 e. The molecule has 0 aliphatic carbocycles. The fourth-order valence-corrected chi connectivity index (χ4v) is 3.92. The predicted molar refractivity (Wildman–Crippen MR) is 104 cm³/mol. The molecule has 26 heavy (non-hydrogen) atoms. The first-order valence-corrected chi connectivity index (χ1v) is 9.58. The van der Waals surface area contributed by atoms with E-state index in [0.717, 1.165) is 43.9 Å². The van der Waals surface area contributed by atoms with Crippen molar-refractivity contribution in [2.24, 2.45) is 0 Å². The van der Waals surface area contributed by atoms with Gasteiger partial charge in [-0.2, -0.15) is 5.10 Å². The molecule has 2 atom stereocenters. The van der Waals surface area contributed by atoms with Gasteiger partial charge in [-0.25, -0.2) is 0 Å². The Labute approximate surface area is 156 Å². The normalized spacial score (nSPS) is 19.5. The maximum atomic E-state index is 13.6. The SMILES string of the molecule is CCC[C@@H](C(=O)N1CCN(C)C[C@@H]1c1ccccc1)n1nc(C)cc1C. The van der Waals surface area contributed by atoms with E-state index in [1.54, 1.807) is 0 Å². The van der Waals surface area contributed by atoms with Crippen LogP contribution in [0.1, 0.15) is 48.8 Å². The number of hydrogen-bond donors (Lipinski definition) is 0. The number of benzene rings is 1. The number of nitrogens with zero attached hydrogens (tertiary/aromatic N) is 4. The molecule has 1 fully saturated rings. The number of piperazine rings is 1. The fourth-order valence-electron chi connectivity index (χ4n) is 3.92. The molecule has 0 bridgehead atoms. The third-order valence-corrected chi connectivity index (χ3v) is 5.24. The summed E-state index contributed by atoms with van der Waals surface area (Å²) in [4.78, 5) is 18.0. The van der Waals surface area contributed by atoms with E-state index in [1.165, 1.54) is 5.56 Å². The second-order valence-electron chi connectivity index (χ2n) is 7.40. The summed E-state index contributed by atoms with van der Waals surface area (Å²) in [6.07, 6.45) is 1.77. The molecule has 1 aromatic carbocycles. The maximum absolute atomic E-state index is 13.6. The van der Waals surface area contributed by atoms with Gasteiger partial charge in [0.1, 0.15) is 6.04 Å². The summed E-state index contributed by atoms with van der Waals surface area (Å²) >= 11 is 0. The number of carbonyl (C=O) groups excluding carboxylic acids is 1. The van der Waals surface area contributed by atoms with Crippen molar-refractivity contribution in [3.63, 3.8) is 0 Å². The number of carbonyl (C=O) groups is 1. The van der Waals surface area contributed by atoms with Crippen molar-refractivity contribution in [3.05, 3.63) is 53.3 Å². The standard InChI is InChI=1S/C21H30N4O/c1-5-9-19(25-17(3)14-16(2)22-25)21(26)24-13-12-23(4)15-20(24)18-10-7-6-8-11-18/h6-8,10-11,14,19-20H,5,9,12-13,15H2,1-4H3/t19-,20+/m0/s1. The van der Waals surface area contributed by atoms with Crippen LogP contribution in [0.5, 0.6) is 0 Å². The van der Waals surface area contributed by atoms with Gasteiger partial charge in [0.2, 0.25) is 5.91 Å². The van der Waals surface area contributed by atoms with Crippen molar-refractivity contribution in [1.29, 1.82) is 0 Å². The first-order chi connectivity index (χ1) is 12.5. The van der Waals surface area contributed by atoms with Crippen LogP contribution < -0.4 is 0 Å². The Morgan fingerprint density at radius 1 is 1.23 bits per heavy atom. The maximum Gasteiger partial charge on any atom is 0.248 e. The Morgan fingerprint density at radius 2 is 1.96 bits per heavy atom. The number of amides is 1. The molecule has 140 valence electrons. The molecule has 0 N–H and O–H groups in total. The summed E-state index contributed by atoms with van der Waals surface area (Å²) in [6.45, 7) is 8.68. The minimum atomic E-state index is -0.219. The molecule has 1 aromatic heterocycles. The van der Waals surface area contributed by atoms with Gasteiger partial charge in [-0.3, -0.25) is 9.48 Å². The van der Waals surface area contributed by atoms with Crippen LogP contribution in [-0.4, -0.2) is 52.2 Å². The molecule has 0 unspecified atom stereocenters. The molecule has 1 aliphatic rings. The third kappa shape index (κ3) is 3.83. The van der Waals surface area contributed by atoms with Gasteiger partial charge in [0, 0.05) is 25.3 Å². The van der Waals surface area contributed by atoms with Gasteiger partial charge in [0.05, 0.1) is 11.7 Å². The molecule has 1 amide bonds.